The summed E-state index contributed by atoms with van der Waals surface area (Å²) in [6.07, 6.45) is 2.28. The minimum atomic E-state index is -0.0576. The zero-order valence-electron chi connectivity index (χ0n) is 17.5. The van der Waals surface area contributed by atoms with Crippen LogP contribution in [0.3, 0.4) is 0 Å². The summed E-state index contributed by atoms with van der Waals surface area (Å²) in [6, 6.07) is 12.2. The maximum absolute atomic E-state index is 13.0. The SMILES string of the molecule is CC1CCCN(C(=O)c2ccc3c(N4CCn5c(nn(C)c5=O)C4)cccc3c2)C1. The molecule has 2 aromatic carbocycles. The van der Waals surface area contributed by atoms with Crippen molar-refractivity contribution in [3.8, 4) is 0 Å². The molecule has 1 atom stereocenters. The lowest BCUT2D eigenvalue weighted by molar-refractivity contribution is 0.0683. The lowest BCUT2D eigenvalue weighted by atomic mass is 9.98. The number of fused-ring (bicyclic) bond motifs is 2. The molecule has 30 heavy (non-hydrogen) atoms. The van der Waals surface area contributed by atoms with Crippen LogP contribution in [0.2, 0.25) is 0 Å². The van der Waals surface area contributed by atoms with Gasteiger partial charge in [0.05, 0.1) is 6.54 Å². The molecule has 1 saturated heterocycles. The van der Waals surface area contributed by atoms with E-state index in [1.165, 1.54) is 11.1 Å². The Bertz CT molecular complexity index is 1180. The minimum Gasteiger partial charge on any atom is -0.362 e. The molecule has 3 aromatic rings. The Balaban J connectivity index is 1.45. The maximum atomic E-state index is 13.0. The van der Waals surface area contributed by atoms with Crippen molar-refractivity contribution in [1.82, 2.24) is 19.2 Å². The number of aryl methyl sites for hydroxylation is 1. The number of amides is 1. The van der Waals surface area contributed by atoms with Crippen molar-refractivity contribution in [1.29, 1.82) is 0 Å². The molecule has 0 aliphatic carbocycles. The van der Waals surface area contributed by atoms with Gasteiger partial charge in [0.25, 0.3) is 5.91 Å². The van der Waals surface area contributed by atoms with Crippen LogP contribution in [-0.2, 0) is 20.1 Å². The average Bonchev–Trinajstić information content (AvgIpc) is 3.05. The molecule has 5 rings (SSSR count). The lowest BCUT2D eigenvalue weighted by Gasteiger charge is -2.31. The van der Waals surface area contributed by atoms with E-state index in [4.69, 9.17) is 0 Å². The van der Waals surface area contributed by atoms with Gasteiger partial charge in [0.2, 0.25) is 0 Å². The molecule has 0 bridgehead atoms. The van der Waals surface area contributed by atoms with Gasteiger partial charge in [0, 0.05) is 49.9 Å². The van der Waals surface area contributed by atoms with Crippen molar-refractivity contribution in [3.05, 3.63) is 58.3 Å². The molecule has 156 valence electrons. The monoisotopic (exact) mass is 405 g/mol. The Morgan fingerprint density at radius 2 is 2.00 bits per heavy atom. The number of hydrogen-bond acceptors (Lipinski definition) is 4. The normalized spacial score (nSPS) is 19.2. The number of carbonyl (C=O) groups excluding carboxylic acids is 1. The summed E-state index contributed by atoms with van der Waals surface area (Å²) >= 11 is 0. The standard InChI is InChI=1S/C23H27N5O2/c1-16-5-4-10-27(14-16)22(29)18-8-9-19-17(13-18)6-3-7-20(19)26-11-12-28-21(15-26)24-25(2)23(28)30/h3,6-9,13,16H,4-5,10-12,14-15H2,1-2H3. The summed E-state index contributed by atoms with van der Waals surface area (Å²) in [7, 11) is 1.69. The van der Waals surface area contributed by atoms with Crippen LogP contribution in [0.4, 0.5) is 5.69 Å². The highest BCUT2D eigenvalue weighted by Gasteiger charge is 2.24. The minimum absolute atomic E-state index is 0.0576. The summed E-state index contributed by atoms with van der Waals surface area (Å²) < 4.78 is 3.15. The Labute approximate surface area is 175 Å². The molecule has 7 heteroatoms. The predicted octanol–water partition coefficient (Wildman–Crippen LogP) is 2.63. The zero-order valence-corrected chi connectivity index (χ0v) is 17.5. The number of benzene rings is 2. The molecule has 0 N–H and O–H groups in total. The van der Waals surface area contributed by atoms with E-state index >= 15 is 0 Å². The van der Waals surface area contributed by atoms with Crippen molar-refractivity contribution < 1.29 is 4.79 Å². The molecule has 0 spiro atoms. The Hall–Kier alpha value is -3.09. The van der Waals surface area contributed by atoms with E-state index in [1.807, 2.05) is 23.1 Å². The lowest BCUT2D eigenvalue weighted by Crippen LogP contribution is -2.39. The maximum Gasteiger partial charge on any atom is 0.345 e. The summed E-state index contributed by atoms with van der Waals surface area (Å²) in [6.45, 7) is 5.89. The first kappa shape index (κ1) is 18.9. The number of aromatic nitrogens is 3. The fraction of sp³-hybridized carbons (Fsp3) is 0.435. The van der Waals surface area contributed by atoms with Gasteiger partial charge in [-0.25, -0.2) is 9.48 Å². The van der Waals surface area contributed by atoms with Gasteiger partial charge >= 0.3 is 5.69 Å². The van der Waals surface area contributed by atoms with E-state index in [0.29, 0.717) is 19.0 Å². The number of nitrogens with zero attached hydrogens (tertiary/aromatic N) is 5. The number of likely N-dealkylation sites (tertiary alicyclic amines) is 1. The van der Waals surface area contributed by atoms with Crippen LogP contribution in [0, 0.1) is 5.92 Å². The number of rotatable bonds is 2. The first-order valence-electron chi connectivity index (χ1n) is 10.7. The summed E-state index contributed by atoms with van der Waals surface area (Å²) in [5.41, 5.74) is 1.81. The van der Waals surface area contributed by atoms with Crippen LogP contribution in [0.15, 0.2) is 41.2 Å². The molecule has 7 nitrogen and oxygen atoms in total. The third-order valence-electron chi connectivity index (χ3n) is 6.40. The van der Waals surface area contributed by atoms with E-state index in [0.717, 1.165) is 53.9 Å². The number of carbonyl (C=O) groups is 1. The van der Waals surface area contributed by atoms with Gasteiger partial charge < -0.3 is 9.80 Å². The molecule has 1 amide bonds. The predicted molar refractivity (Wildman–Crippen MR) is 117 cm³/mol. The molecule has 3 heterocycles. The molecule has 1 aromatic heterocycles. The summed E-state index contributed by atoms with van der Waals surface area (Å²) in [5, 5.41) is 6.56. The Morgan fingerprint density at radius 3 is 2.83 bits per heavy atom. The molecular weight excluding hydrogens is 378 g/mol. The Morgan fingerprint density at radius 1 is 1.13 bits per heavy atom. The summed E-state index contributed by atoms with van der Waals surface area (Å²) in [4.78, 5) is 29.4. The van der Waals surface area contributed by atoms with E-state index in [1.54, 1.807) is 11.6 Å². The van der Waals surface area contributed by atoms with Gasteiger partial charge in [-0.15, -0.1) is 0 Å². The van der Waals surface area contributed by atoms with Crippen LogP contribution in [-0.4, -0.2) is 44.8 Å². The number of hydrogen-bond donors (Lipinski definition) is 0. The highest BCUT2D eigenvalue weighted by Crippen LogP contribution is 2.30. The Kier molecular flexibility index (Phi) is 4.60. The van der Waals surface area contributed by atoms with Gasteiger partial charge in [-0.1, -0.05) is 25.1 Å². The van der Waals surface area contributed by atoms with Crippen molar-refractivity contribution in [2.24, 2.45) is 13.0 Å². The number of anilines is 1. The molecule has 2 aliphatic rings. The van der Waals surface area contributed by atoms with Gasteiger partial charge in [0.15, 0.2) is 5.82 Å². The fourth-order valence-electron chi connectivity index (χ4n) is 4.80. The molecule has 2 aliphatic heterocycles. The third kappa shape index (κ3) is 3.18. The summed E-state index contributed by atoms with van der Waals surface area (Å²) in [5.74, 6) is 1.49. The zero-order chi connectivity index (χ0) is 20.8. The van der Waals surface area contributed by atoms with E-state index in [-0.39, 0.29) is 11.6 Å². The van der Waals surface area contributed by atoms with Gasteiger partial charge in [-0.05, 0) is 42.3 Å². The molecule has 0 saturated carbocycles. The van der Waals surface area contributed by atoms with E-state index in [9.17, 15) is 9.59 Å². The smallest absolute Gasteiger partial charge is 0.345 e. The third-order valence-corrected chi connectivity index (χ3v) is 6.40. The van der Waals surface area contributed by atoms with Gasteiger partial charge in [-0.2, -0.15) is 5.10 Å². The number of piperidine rings is 1. The van der Waals surface area contributed by atoms with Crippen molar-refractivity contribution in [2.75, 3.05) is 24.5 Å². The largest absolute Gasteiger partial charge is 0.362 e. The van der Waals surface area contributed by atoms with Crippen LogP contribution >= 0.6 is 0 Å². The second-order valence-corrected chi connectivity index (χ2v) is 8.61. The van der Waals surface area contributed by atoms with Crippen LogP contribution < -0.4 is 10.6 Å². The van der Waals surface area contributed by atoms with Crippen LogP contribution in [0.25, 0.3) is 10.8 Å². The molecule has 1 unspecified atom stereocenters. The van der Waals surface area contributed by atoms with Crippen molar-refractivity contribution in [2.45, 2.75) is 32.9 Å². The molecule has 1 fully saturated rings. The van der Waals surface area contributed by atoms with Crippen LogP contribution in [0.1, 0.15) is 35.9 Å². The topological polar surface area (TPSA) is 63.4 Å². The van der Waals surface area contributed by atoms with E-state index in [2.05, 4.69) is 35.1 Å². The second-order valence-electron chi connectivity index (χ2n) is 8.61. The average molecular weight is 406 g/mol. The molecule has 0 radical (unpaired) electrons. The van der Waals surface area contributed by atoms with Gasteiger partial charge in [0.1, 0.15) is 0 Å². The first-order chi connectivity index (χ1) is 14.5. The fourth-order valence-corrected chi connectivity index (χ4v) is 4.80. The first-order valence-corrected chi connectivity index (χ1v) is 10.7. The van der Waals surface area contributed by atoms with Gasteiger partial charge in [-0.3, -0.25) is 9.36 Å². The van der Waals surface area contributed by atoms with Crippen molar-refractivity contribution >= 4 is 22.4 Å². The van der Waals surface area contributed by atoms with Crippen LogP contribution in [0.5, 0.6) is 0 Å². The molecular formula is C23H27N5O2. The van der Waals surface area contributed by atoms with E-state index < -0.39 is 0 Å². The second kappa shape index (κ2) is 7.31. The van der Waals surface area contributed by atoms with Crippen molar-refractivity contribution in [3.63, 3.8) is 0 Å². The quantitative estimate of drug-likeness (QED) is 0.658. The highest BCUT2D eigenvalue weighted by atomic mass is 16.2. The highest BCUT2D eigenvalue weighted by molar-refractivity contribution is 6.01.